The summed E-state index contributed by atoms with van der Waals surface area (Å²) in [4.78, 5) is 5.81. The molecule has 1 saturated heterocycles. The third-order valence-electron chi connectivity index (χ3n) is 3.28. The second-order valence-corrected chi connectivity index (χ2v) is 5.16. The van der Waals surface area contributed by atoms with Crippen LogP contribution in [-0.4, -0.2) is 43.9 Å². The van der Waals surface area contributed by atoms with E-state index in [1.54, 1.807) is 0 Å². The lowest BCUT2D eigenvalue weighted by atomic mass is 10.2. The van der Waals surface area contributed by atoms with Crippen molar-refractivity contribution in [2.75, 3.05) is 37.7 Å². The fraction of sp³-hybridized carbons (Fsp3) is 0.615. The molecular formula is C13H17ClF3N3O. The highest BCUT2D eigenvalue weighted by atomic mass is 35.5. The van der Waals surface area contributed by atoms with Gasteiger partial charge in [0.2, 0.25) is 0 Å². The van der Waals surface area contributed by atoms with E-state index in [0.29, 0.717) is 32.1 Å². The third-order valence-corrected chi connectivity index (χ3v) is 3.56. The second kappa shape index (κ2) is 6.81. The van der Waals surface area contributed by atoms with Gasteiger partial charge in [-0.15, -0.1) is 0 Å². The van der Waals surface area contributed by atoms with Crippen LogP contribution < -0.4 is 10.2 Å². The van der Waals surface area contributed by atoms with E-state index < -0.39 is 11.7 Å². The Kier molecular flexibility index (Phi) is 5.29. The number of halogens is 4. The van der Waals surface area contributed by atoms with Crippen molar-refractivity contribution >= 4 is 17.4 Å². The summed E-state index contributed by atoms with van der Waals surface area (Å²) in [6.07, 6.45) is -3.62. The van der Waals surface area contributed by atoms with Crippen LogP contribution in [0.15, 0.2) is 12.3 Å². The zero-order valence-electron chi connectivity index (χ0n) is 11.6. The second-order valence-electron chi connectivity index (χ2n) is 4.76. The van der Waals surface area contributed by atoms with E-state index in [9.17, 15) is 13.2 Å². The molecule has 118 valence electrons. The predicted molar refractivity (Wildman–Crippen MR) is 74.7 cm³/mol. The molecule has 1 aliphatic rings. The summed E-state index contributed by atoms with van der Waals surface area (Å²) in [6, 6.07) is 0.921. The van der Waals surface area contributed by atoms with Gasteiger partial charge in [0.05, 0.1) is 29.8 Å². The summed E-state index contributed by atoms with van der Waals surface area (Å²) in [5.41, 5.74) is -0.840. The molecule has 1 atom stereocenters. The van der Waals surface area contributed by atoms with E-state index in [2.05, 4.69) is 10.3 Å². The number of nitrogens with zero attached hydrogens (tertiary/aromatic N) is 2. The maximum atomic E-state index is 12.6. The summed E-state index contributed by atoms with van der Waals surface area (Å²) in [5, 5.41) is 3.21. The van der Waals surface area contributed by atoms with Crippen LogP contribution in [0.3, 0.4) is 0 Å². The zero-order valence-corrected chi connectivity index (χ0v) is 12.3. The fourth-order valence-electron chi connectivity index (χ4n) is 2.21. The van der Waals surface area contributed by atoms with Crippen molar-refractivity contribution in [2.24, 2.45) is 0 Å². The molecule has 1 fully saturated rings. The first-order chi connectivity index (χ1) is 9.93. The summed E-state index contributed by atoms with van der Waals surface area (Å²) < 4.78 is 43.3. The van der Waals surface area contributed by atoms with Crippen molar-refractivity contribution in [3.63, 3.8) is 0 Å². The number of nitrogens with one attached hydrogen (secondary N) is 1. The summed E-state index contributed by atoms with van der Waals surface area (Å²) in [5.74, 6) is 0.371. The average molecular weight is 324 g/mol. The first-order valence-electron chi connectivity index (χ1n) is 6.71. The Labute approximate surface area is 126 Å². The van der Waals surface area contributed by atoms with Crippen LogP contribution in [0.5, 0.6) is 0 Å². The van der Waals surface area contributed by atoms with Crippen molar-refractivity contribution in [1.29, 1.82) is 0 Å². The van der Waals surface area contributed by atoms with Crippen LogP contribution in [0.4, 0.5) is 19.0 Å². The SMILES string of the molecule is CCNCC1COCCN1c1ncc(C(F)(F)F)cc1Cl. The van der Waals surface area contributed by atoms with E-state index in [1.165, 1.54) is 0 Å². The summed E-state index contributed by atoms with van der Waals surface area (Å²) in [7, 11) is 0. The molecule has 21 heavy (non-hydrogen) atoms. The molecule has 0 spiro atoms. The number of anilines is 1. The number of hydrogen-bond donors (Lipinski definition) is 1. The Bertz CT molecular complexity index is 484. The number of hydrogen-bond acceptors (Lipinski definition) is 4. The van der Waals surface area contributed by atoms with Crippen molar-refractivity contribution in [3.05, 3.63) is 22.8 Å². The molecular weight excluding hydrogens is 307 g/mol. The number of rotatable bonds is 4. The normalized spacial score (nSPS) is 19.9. The quantitative estimate of drug-likeness (QED) is 0.924. The van der Waals surface area contributed by atoms with Gasteiger partial charge < -0.3 is 15.0 Å². The Hall–Kier alpha value is -1.05. The van der Waals surface area contributed by atoms with Crippen molar-refractivity contribution in [3.8, 4) is 0 Å². The lowest BCUT2D eigenvalue weighted by Crippen LogP contribution is -2.51. The molecule has 1 aliphatic heterocycles. The van der Waals surface area contributed by atoms with Gasteiger partial charge in [-0.1, -0.05) is 18.5 Å². The maximum absolute atomic E-state index is 12.6. The topological polar surface area (TPSA) is 37.4 Å². The van der Waals surface area contributed by atoms with Crippen LogP contribution in [0.2, 0.25) is 5.02 Å². The largest absolute Gasteiger partial charge is 0.417 e. The molecule has 1 N–H and O–H groups in total. The van der Waals surface area contributed by atoms with Gasteiger partial charge in [0.1, 0.15) is 5.82 Å². The monoisotopic (exact) mass is 323 g/mol. The van der Waals surface area contributed by atoms with Crippen LogP contribution in [0.1, 0.15) is 12.5 Å². The summed E-state index contributed by atoms with van der Waals surface area (Å²) in [6.45, 7) is 4.99. The van der Waals surface area contributed by atoms with Crippen molar-refractivity contribution in [1.82, 2.24) is 10.3 Å². The minimum atomic E-state index is -4.44. The van der Waals surface area contributed by atoms with Crippen LogP contribution in [-0.2, 0) is 10.9 Å². The Morgan fingerprint density at radius 2 is 2.29 bits per heavy atom. The number of likely N-dealkylation sites (N-methyl/N-ethyl adjacent to an activating group) is 1. The van der Waals surface area contributed by atoms with Gasteiger partial charge in [0, 0.05) is 19.3 Å². The molecule has 0 aliphatic carbocycles. The highest BCUT2D eigenvalue weighted by Crippen LogP contribution is 2.34. The van der Waals surface area contributed by atoms with Gasteiger partial charge in [-0.25, -0.2) is 4.98 Å². The van der Waals surface area contributed by atoms with Gasteiger partial charge in [0.15, 0.2) is 0 Å². The molecule has 1 unspecified atom stereocenters. The van der Waals surface area contributed by atoms with Crippen molar-refractivity contribution < 1.29 is 17.9 Å². The Morgan fingerprint density at radius 3 is 2.90 bits per heavy atom. The summed E-state index contributed by atoms with van der Waals surface area (Å²) >= 11 is 6.00. The standard InChI is InChI=1S/C13H17ClF3N3O/c1-2-18-7-10-8-21-4-3-20(10)12-11(14)5-9(6-19-12)13(15,16)17/h5-6,10,18H,2-4,7-8H2,1H3. The van der Waals surface area contributed by atoms with E-state index in [4.69, 9.17) is 16.3 Å². The maximum Gasteiger partial charge on any atom is 0.417 e. The number of pyridine rings is 1. The zero-order chi connectivity index (χ0) is 15.5. The number of ether oxygens (including phenoxy) is 1. The van der Waals surface area contributed by atoms with Crippen LogP contribution in [0, 0.1) is 0 Å². The first-order valence-corrected chi connectivity index (χ1v) is 7.09. The lowest BCUT2D eigenvalue weighted by Gasteiger charge is -2.37. The van der Waals surface area contributed by atoms with Gasteiger partial charge in [-0.2, -0.15) is 13.2 Å². The molecule has 0 aromatic carbocycles. The van der Waals surface area contributed by atoms with Crippen LogP contribution >= 0.6 is 11.6 Å². The molecule has 0 radical (unpaired) electrons. The van der Waals surface area contributed by atoms with Gasteiger partial charge in [0.25, 0.3) is 0 Å². The molecule has 0 saturated carbocycles. The molecule has 2 rings (SSSR count). The van der Waals surface area contributed by atoms with E-state index in [1.807, 2.05) is 11.8 Å². The predicted octanol–water partition coefficient (Wildman–Crippen LogP) is 2.57. The van der Waals surface area contributed by atoms with E-state index in [0.717, 1.165) is 18.8 Å². The minimum Gasteiger partial charge on any atom is -0.377 e. The Morgan fingerprint density at radius 1 is 1.52 bits per heavy atom. The molecule has 8 heteroatoms. The van der Waals surface area contributed by atoms with Gasteiger partial charge in [-0.3, -0.25) is 0 Å². The molecule has 4 nitrogen and oxygen atoms in total. The van der Waals surface area contributed by atoms with Gasteiger partial charge >= 0.3 is 6.18 Å². The first kappa shape index (κ1) is 16.3. The van der Waals surface area contributed by atoms with Crippen LogP contribution in [0.25, 0.3) is 0 Å². The van der Waals surface area contributed by atoms with Crippen molar-refractivity contribution in [2.45, 2.75) is 19.1 Å². The fourth-order valence-corrected chi connectivity index (χ4v) is 2.49. The molecule has 2 heterocycles. The molecule has 0 bridgehead atoms. The van der Waals surface area contributed by atoms with E-state index >= 15 is 0 Å². The number of aromatic nitrogens is 1. The van der Waals surface area contributed by atoms with Gasteiger partial charge in [-0.05, 0) is 12.6 Å². The number of alkyl halides is 3. The lowest BCUT2D eigenvalue weighted by molar-refractivity contribution is -0.137. The van der Waals surface area contributed by atoms with E-state index in [-0.39, 0.29) is 11.1 Å². The minimum absolute atomic E-state index is 0.000404. The highest BCUT2D eigenvalue weighted by molar-refractivity contribution is 6.33. The third kappa shape index (κ3) is 3.99. The molecule has 1 aromatic rings. The Balaban J connectivity index is 2.22. The number of morpholine rings is 1. The molecule has 0 amide bonds. The highest BCUT2D eigenvalue weighted by Gasteiger charge is 2.33. The molecule has 1 aromatic heterocycles. The average Bonchev–Trinajstić information content (AvgIpc) is 2.44. The smallest absolute Gasteiger partial charge is 0.377 e.